The van der Waals surface area contributed by atoms with E-state index >= 15 is 0 Å². The second kappa shape index (κ2) is 7.77. The van der Waals surface area contributed by atoms with Gasteiger partial charge in [0.15, 0.2) is 23.2 Å². The second-order valence-corrected chi connectivity index (χ2v) is 5.60. The lowest BCUT2D eigenvalue weighted by molar-refractivity contribution is -0.136. The van der Waals surface area contributed by atoms with Crippen molar-refractivity contribution >= 4 is 29.0 Å². The summed E-state index contributed by atoms with van der Waals surface area (Å²) < 4.78 is 6.77. The number of aliphatic carboxylic acids is 1. The molecule has 7 N–H and O–H groups in total. The van der Waals surface area contributed by atoms with Crippen molar-refractivity contribution in [3.63, 3.8) is 0 Å². The number of imidazole rings is 1. The van der Waals surface area contributed by atoms with Crippen LogP contribution >= 0.6 is 0 Å². The predicted molar refractivity (Wildman–Crippen MR) is 86.1 cm³/mol. The number of aliphatic hydroxyl groups excluding tert-OH is 3. The highest BCUT2D eigenvalue weighted by molar-refractivity contribution is 5.95. The molecule has 146 valence electrons. The number of hydrogen-bond donors (Lipinski definition) is 7. The van der Waals surface area contributed by atoms with Gasteiger partial charge in [-0.1, -0.05) is 0 Å². The van der Waals surface area contributed by atoms with Crippen molar-refractivity contribution in [3.8, 4) is 0 Å². The van der Waals surface area contributed by atoms with E-state index in [1.807, 2.05) is 0 Å². The van der Waals surface area contributed by atoms with Gasteiger partial charge in [0.2, 0.25) is 0 Å². The number of nitrogens with one attached hydrogen (secondary N) is 3. The molecule has 1 fully saturated rings. The Kier molecular flexibility index (Phi) is 5.43. The van der Waals surface area contributed by atoms with Crippen molar-refractivity contribution in [1.29, 1.82) is 0 Å². The Morgan fingerprint density at radius 1 is 1.22 bits per heavy atom. The second-order valence-electron chi connectivity index (χ2n) is 5.60. The molecule has 0 saturated carbocycles. The number of rotatable bonds is 6. The number of aromatic nitrogens is 4. The molecule has 1 aliphatic rings. The number of ether oxygens (including phenoxy) is 1. The minimum absolute atomic E-state index is 0.0279. The standard InChI is InChI=1S/C13H17N7O7/c21-2-5-8(24)9(25)12(27-5)20-4-16-7-10(14-3-15-11(7)20)18-13(26)19-17-1-6(22)23/h3-5,8-9,12,17,21,24-25H,1-2H2,(H,22,23)(H2,14,15,18,19,26)/t5-,8-,9-,12-/m1/s1. The Bertz CT molecular complexity index is 844. The lowest BCUT2D eigenvalue weighted by atomic mass is 10.1. The number of anilines is 1. The van der Waals surface area contributed by atoms with E-state index < -0.39 is 49.7 Å². The van der Waals surface area contributed by atoms with Crippen LogP contribution in [-0.2, 0) is 9.53 Å². The SMILES string of the molecule is O=C(O)CNNC(=O)Nc1ncnc2c1ncn2[C@@H]1O[C@H](CO)[C@@H](O)[C@H]1O. The molecule has 2 aromatic rings. The maximum absolute atomic E-state index is 11.8. The molecule has 14 nitrogen and oxygen atoms in total. The fraction of sp³-hybridized carbons (Fsp3) is 0.462. The summed E-state index contributed by atoms with van der Waals surface area (Å²) in [6, 6.07) is -0.779. The molecule has 0 unspecified atom stereocenters. The molecule has 0 aliphatic carbocycles. The monoisotopic (exact) mass is 383 g/mol. The van der Waals surface area contributed by atoms with Crippen LogP contribution in [0, 0.1) is 0 Å². The number of fused-ring (bicyclic) bond motifs is 1. The highest BCUT2D eigenvalue weighted by Gasteiger charge is 2.44. The summed E-state index contributed by atoms with van der Waals surface area (Å²) in [6.45, 7) is -0.959. The van der Waals surface area contributed by atoms with Crippen LogP contribution in [0.25, 0.3) is 11.2 Å². The topological polar surface area (TPSA) is 204 Å². The molecule has 1 saturated heterocycles. The van der Waals surface area contributed by atoms with E-state index in [1.165, 1.54) is 10.9 Å². The van der Waals surface area contributed by atoms with E-state index in [0.29, 0.717) is 0 Å². The van der Waals surface area contributed by atoms with Crippen LogP contribution in [0.3, 0.4) is 0 Å². The zero-order valence-corrected chi connectivity index (χ0v) is 13.7. The Hall–Kier alpha value is -2.91. The number of carboxylic acid groups (broad SMARTS) is 1. The number of urea groups is 1. The molecular weight excluding hydrogens is 366 g/mol. The van der Waals surface area contributed by atoms with E-state index in [2.05, 4.69) is 31.1 Å². The third kappa shape index (κ3) is 3.79. The molecule has 3 heterocycles. The lowest BCUT2D eigenvalue weighted by Crippen LogP contribution is -2.43. The molecule has 2 amide bonds. The molecule has 0 bridgehead atoms. The molecule has 14 heteroatoms. The average Bonchev–Trinajstić information content (AvgIpc) is 3.17. The largest absolute Gasteiger partial charge is 0.480 e. The van der Waals surface area contributed by atoms with Gasteiger partial charge in [-0.2, -0.15) is 0 Å². The molecule has 27 heavy (non-hydrogen) atoms. The van der Waals surface area contributed by atoms with Gasteiger partial charge in [0.25, 0.3) is 0 Å². The van der Waals surface area contributed by atoms with Crippen molar-refractivity contribution < 1.29 is 34.8 Å². The summed E-state index contributed by atoms with van der Waals surface area (Å²) in [5, 5.41) is 40.1. The van der Waals surface area contributed by atoms with Crippen molar-refractivity contribution in [2.75, 3.05) is 18.5 Å². The Labute approximate surface area is 150 Å². The van der Waals surface area contributed by atoms with E-state index in [4.69, 9.17) is 9.84 Å². The fourth-order valence-corrected chi connectivity index (χ4v) is 2.58. The Balaban J connectivity index is 1.79. The summed E-state index contributed by atoms with van der Waals surface area (Å²) in [5.41, 5.74) is 4.68. The molecular formula is C13H17N7O7. The van der Waals surface area contributed by atoms with Crippen molar-refractivity contribution in [2.24, 2.45) is 0 Å². The number of nitrogens with zero attached hydrogens (tertiary/aromatic N) is 4. The van der Waals surface area contributed by atoms with Gasteiger partial charge in [0, 0.05) is 0 Å². The van der Waals surface area contributed by atoms with Crippen molar-refractivity contribution in [1.82, 2.24) is 30.4 Å². The molecule has 1 aliphatic heterocycles. The maximum atomic E-state index is 11.8. The minimum atomic E-state index is -1.32. The van der Waals surface area contributed by atoms with Gasteiger partial charge in [-0.15, -0.1) is 0 Å². The summed E-state index contributed by atoms with van der Waals surface area (Å²) >= 11 is 0. The molecule has 3 rings (SSSR count). The molecule has 0 spiro atoms. The summed E-state index contributed by atoms with van der Waals surface area (Å²) in [6.07, 6.45) is -2.20. The van der Waals surface area contributed by atoms with E-state index in [1.54, 1.807) is 0 Å². The number of carbonyl (C=O) groups excluding carboxylic acids is 1. The maximum Gasteiger partial charge on any atom is 0.334 e. The number of carbonyl (C=O) groups is 2. The Morgan fingerprint density at radius 3 is 2.67 bits per heavy atom. The first kappa shape index (κ1) is 18.9. The van der Waals surface area contributed by atoms with Crippen molar-refractivity contribution in [2.45, 2.75) is 24.5 Å². The predicted octanol–water partition coefficient (Wildman–Crippen LogP) is -2.85. The van der Waals surface area contributed by atoms with Crippen LogP contribution in [0.5, 0.6) is 0 Å². The number of hydrogen-bond acceptors (Lipinski definition) is 10. The number of carboxylic acids is 1. The first-order chi connectivity index (χ1) is 12.9. The lowest BCUT2D eigenvalue weighted by Gasteiger charge is -2.16. The van der Waals surface area contributed by atoms with Crippen molar-refractivity contribution in [3.05, 3.63) is 12.7 Å². The molecule has 2 aromatic heterocycles. The normalized spacial score (nSPS) is 24.9. The minimum Gasteiger partial charge on any atom is -0.480 e. The molecule has 0 aromatic carbocycles. The fourth-order valence-electron chi connectivity index (χ4n) is 2.58. The number of aliphatic hydroxyl groups is 3. The highest BCUT2D eigenvalue weighted by atomic mass is 16.6. The molecule has 0 radical (unpaired) electrons. The van der Waals surface area contributed by atoms with Gasteiger partial charge in [-0.3, -0.25) is 20.1 Å². The number of amides is 2. The van der Waals surface area contributed by atoms with Crippen LogP contribution < -0.4 is 16.2 Å². The van der Waals surface area contributed by atoms with E-state index in [9.17, 15) is 24.9 Å². The van der Waals surface area contributed by atoms with Crippen LogP contribution in [0.15, 0.2) is 12.7 Å². The third-order valence-electron chi connectivity index (χ3n) is 3.82. The zero-order chi connectivity index (χ0) is 19.6. The van der Waals surface area contributed by atoms with Gasteiger partial charge >= 0.3 is 12.0 Å². The van der Waals surface area contributed by atoms with Gasteiger partial charge < -0.3 is 25.2 Å². The highest BCUT2D eigenvalue weighted by Crippen LogP contribution is 2.31. The summed E-state index contributed by atoms with van der Waals surface area (Å²) in [5.74, 6) is -1.13. The van der Waals surface area contributed by atoms with Gasteiger partial charge in [0.05, 0.1) is 12.9 Å². The molecule has 4 atom stereocenters. The van der Waals surface area contributed by atoms with E-state index in [-0.39, 0.29) is 17.0 Å². The zero-order valence-electron chi connectivity index (χ0n) is 13.7. The van der Waals surface area contributed by atoms with Crippen LogP contribution in [-0.4, -0.2) is 83.4 Å². The van der Waals surface area contributed by atoms with Gasteiger partial charge in [-0.25, -0.2) is 25.2 Å². The summed E-state index contributed by atoms with van der Waals surface area (Å²) in [4.78, 5) is 34.2. The Morgan fingerprint density at radius 2 is 2.00 bits per heavy atom. The van der Waals surface area contributed by atoms with Crippen LogP contribution in [0.2, 0.25) is 0 Å². The van der Waals surface area contributed by atoms with Crippen LogP contribution in [0.4, 0.5) is 10.6 Å². The van der Waals surface area contributed by atoms with Crippen LogP contribution in [0.1, 0.15) is 6.23 Å². The van der Waals surface area contributed by atoms with Gasteiger partial charge in [-0.05, 0) is 0 Å². The smallest absolute Gasteiger partial charge is 0.334 e. The van der Waals surface area contributed by atoms with Gasteiger partial charge in [0.1, 0.15) is 31.2 Å². The average molecular weight is 383 g/mol. The van der Waals surface area contributed by atoms with E-state index in [0.717, 1.165) is 6.33 Å². The first-order valence-electron chi connectivity index (χ1n) is 7.74. The quantitative estimate of drug-likeness (QED) is 0.253. The number of hydrazine groups is 1. The third-order valence-corrected chi connectivity index (χ3v) is 3.82. The summed E-state index contributed by atoms with van der Waals surface area (Å²) in [7, 11) is 0. The first-order valence-corrected chi connectivity index (χ1v) is 7.74.